The number of hydrogen-bond donors (Lipinski definition) is 0. The van der Waals surface area contributed by atoms with E-state index in [0.717, 1.165) is 4.88 Å². The van der Waals surface area contributed by atoms with Crippen LogP contribution in [0.2, 0.25) is 0 Å². The molecule has 0 radical (unpaired) electrons. The van der Waals surface area contributed by atoms with Gasteiger partial charge in [0.05, 0.1) is 6.61 Å². The van der Waals surface area contributed by atoms with Gasteiger partial charge in [0.25, 0.3) is 0 Å². The maximum absolute atomic E-state index is 11.2. The summed E-state index contributed by atoms with van der Waals surface area (Å²) in [6, 6.07) is 3.93. The summed E-state index contributed by atoms with van der Waals surface area (Å²) in [5, 5.41) is 1.98. The van der Waals surface area contributed by atoms with Crippen LogP contribution in [-0.4, -0.2) is 12.6 Å². The zero-order valence-corrected chi connectivity index (χ0v) is 8.63. The van der Waals surface area contributed by atoms with Crippen LogP contribution in [0.5, 0.6) is 0 Å². The van der Waals surface area contributed by atoms with Gasteiger partial charge in [-0.05, 0) is 36.3 Å². The molecule has 0 amide bonds. The van der Waals surface area contributed by atoms with Crippen LogP contribution >= 0.6 is 11.3 Å². The van der Waals surface area contributed by atoms with E-state index in [1.54, 1.807) is 17.4 Å². The smallest absolute Gasteiger partial charge is 0.330 e. The third-order valence-corrected chi connectivity index (χ3v) is 2.92. The van der Waals surface area contributed by atoms with E-state index in [9.17, 15) is 4.79 Å². The van der Waals surface area contributed by atoms with Gasteiger partial charge in [-0.15, -0.1) is 11.3 Å². The minimum atomic E-state index is -0.231. The second-order valence-electron chi connectivity index (χ2n) is 3.42. The van der Waals surface area contributed by atoms with Crippen LogP contribution in [0.25, 0.3) is 6.08 Å². The number of rotatable bonds is 4. The van der Waals surface area contributed by atoms with Gasteiger partial charge in [0, 0.05) is 11.0 Å². The summed E-state index contributed by atoms with van der Waals surface area (Å²) in [6.07, 6.45) is 5.71. The second kappa shape index (κ2) is 4.42. The molecule has 0 bridgehead atoms. The summed E-state index contributed by atoms with van der Waals surface area (Å²) in [5.74, 6) is 0.402. The first-order valence-corrected chi connectivity index (χ1v) is 5.61. The Kier molecular flexibility index (Phi) is 2.99. The summed E-state index contributed by atoms with van der Waals surface area (Å²) in [4.78, 5) is 12.2. The Morgan fingerprint density at radius 1 is 1.64 bits per heavy atom. The second-order valence-corrected chi connectivity index (χ2v) is 4.40. The van der Waals surface area contributed by atoms with E-state index in [0.29, 0.717) is 12.5 Å². The molecule has 1 aromatic rings. The van der Waals surface area contributed by atoms with Gasteiger partial charge in [-0.25, -0.2) is 4.79 Å². The highest BCUT2D eigenvalue weighted by atomic mass is 32.1. The number of esters is 1. The molecule has 0 aliphatic heterocycles. The van der Waals surface area contributed by atoms with Crippen LogP contribution < -0.4 is 0 Å². The highest BCUT2D eigenvalue weighted by Crippen LogP contribution is 2.28. The summed E-state index contributed by atoms with van der Waals surface area (Å²) >= 11 is 1.61. The van der Waals surface area contributed by atoms with Crippen molar-refractivity contribution in [1.82, 2.24) is 0 Å². The molecule has 0 aromatic carbocycles. The molecule has 0 saturated heterocycles. The molecule has 2 rings (SSSR count). The molecular formula is C11H12O2S. The Bertz CT molecular complexity index is 323. The van der Waals surface area contributed by atoms with Crippen molar-refractivity contribution in [3.8, 4) is 0 Å². The van der Waals surface area contributed by atoms with Crippen molar-refractivity contribution >= 4 is 23.4 Å². The van der Waals surface area contributed by atoms with Gasteiger partial charge in [-0.3, -0.25) is 0 Å². The Labute approximate surface area is 87.2 Å². The fourth-order valence-corrected chi connectivity index (χ4v) is 1.69. The van der Waals surface area contributed by atoms with Gasteiger partial charge in [0.1, 0.15) is 0 Å². The Balaban J connectivity index is 1.75. The molecule has 1 aromatic heterocycles. The molecule has 14 heavy (non-hydrogen) atoms. The van der Waals surface area contributed by atoms with E-state index in [1.165, 1.54) is 18.9 Å². The van der Waals surface area contributed by atoms with Gasteiger partial charge >= 0.3 is 5.97 Å². The minimum absolute atomic E-state index is 0.231. The highest BCUT2D eigenvalue weighted by molar-refractivity contribution is 7.10. The zero-order chi connectivity index (χ0) is 9.80. The van der Waals surface area contributed by atoms with Crippen molar-refractivity contribution in [3.63, 3.8) is 0 Å². The molecule has 0 atom stereocenters. The van der Waals surface area contributed by atoms with Gasteiger partial charge in [0.15, 0.2) is 0 Å². The monoisotopic (exact) mass is 208 g/mol. The minimum Gasteiger partial charge on any atom is -0.462 e. The quantitative estimate of drug-likeness (QED) is 0.561. The van der Waals surface area contributed by atoms with Crippen molar-refractivity contribution in [3.05, 3.63) is 28.5 Å². The van der Waals surface area contributed by atoms with Crippen LogP contribution in [-0.2, 0) is 9.53 Å². The average molecular weight is 208 g/mol. The third kappa shape index (κ3) is 3.00. The molecule has 1 aliphatic carbocycles. The standard InChI is InChI=1S/C11H12O2S/c12-11(13-8-9-3-4-9)6-5-10-2-1-7-14-10/h1-2,5-7,9H,3-4,8H2. The van der Waals surface area contributed by atoms with Gasteiger partial charge in [-0.2, -0.15) is 0 Å². The average Bonchev–Trinajstić information content (AvgIpc) is 2.87. The summed E-state index contributed by atoms with van der Waals surface area (Å²) in [5.41, 5.74) is 0. The number of ether oxygens (including phenoxy) is 1. The van der Waals surface area contributed by atoms with Gasteiger partial charge in [-0.1, -0.05) is 6.07 Å². The maximum Gasteiger partial charge on any atom is 0.330 e. The predicted octanol–water partition coefficient (Wildman–Crippen LogP) is 2.71. The fraction of sp³-hybridized carbons (Fsp3) is 0.364. The lowest BCUT2D eigenvalue weighted by molar-refractivity contribution is -0.138. The predicted molar refractivity (Wildman–Crippen MR) is 57.0 cm³/mol. The molecule has 0 unspecified atom stereocenters. The summed E-state index contributed by atoms with van der Waals surface area (Å²) in [7, 11) is 0. The molecule has 2 nitrogen and oxygen atoms in total. The molecule has 0 spiro atoms. The molecule has 1 fully saturated rings. The van der Waals surface area contributed by atoms with Crippen molar-refractivity contribution in [2.75, 3.05) is 6.61 Å². The first-order chi connectivity index (χ1) is 6.84. The summed E-state index contributed by atoms with van der Waals surface area (Å²) in [6.45, 7) is 0.591. The lowest BCUT2D eigenvalue weighted by atomic mass is 10.4. The molecule has 3 heteroatoms. The van der Waals surface area contributed by atoms with E-state index in [4.69, 9.17) is 4.74 Å². The van der Waals surface area contributed by atoms with Crippen molar-refractivity contribution in [1.29, 1.82) is 0 Å². The molecular weight excluding hydrogens is 196 g/mol. The van der Waals surface area contributed by atoms with Crippen LogP contribution in [0.3, 0.4) is 0 Å². The van der Waals surface area contributed by atoms with Crippen LogP contribution in [0, 0.1) is 5.92 Å². The Morgan fingerprint density at radius 2 is 2.50 bits per heavy atom. The van der Waals surface area contributed by atoms with E-state index < -0.39 is 0 Å². The fourth-order valence-electron chi connectivity index (χ4n) is 1.07. The summed E-state index contributed by atoms with van der Waals surface area (Å²) < 4.78 is 5.04. The molecule has 0 N–H and O–H groups in total. The Hall–Kier alpha value is -1.09. The van der Waals surface area contributed by atoms with Crippen LogP contribution in [0.15, 0.2) is 23.6 Å². The Morgan fingerprint density at radius 3 is 3.14 bits per heavy atom. The van der Waals surface area contributed by atoms with E-state index in [1.807, 2.05) is 17.5 Å². The van der Waals surface area contributed by atoms with Gasteiger partial charge < -0.3 is 4.74 Å². The lowest BCUT2D eigenvalue weighted by Crippen LogP contribution is -2.03. The molecule has 1 heterocycles. The maximum atomic E-state index is 11.2. The normalized spacial score (nSPS) is 16.0. The SMILES string of the molecule is O=C(C=Cc1cccs1)OCC1CC1. The highest BCUT2D eigenvalue weighted by Gasteiger charge is 2.22. The first kappa shape index (κ1) is 9.46. The topological polar surface area (TPSA) is 26.3 Å². The number of carbonyl (C=O) groups excluding carboxylic acids is 1. The van der Waals surface area contributed by atoms with E-state index in [2.05, 4.69) is 0 Å². The van der Waals surface area contributed by atoms with Crippen molar-refractivity contribution in [2.45, 2.75) is 12.8 Å². The molecule has 1 aliphatic rings. The zero-order valence-electron chi connectivity index (χ0n) is 7.81. The molecule has 74 valence electrons. The van der Waals surface area contributed by atoms with E-state index in [-0.39, 0.29) is 5.97 Å². The molecule has 1 saturated carbocycles. The van der Waals surface area contributed by atoms with E-state index >= 15 is 0 Å². The number of hydrogen-bond acceptors (Lipinski definition) is 3. The first-order valence-electron chi connectivity index (χ1n) is 4.73. The van der Waals surface area contributed by atoms with Crippen LogP contribution in [0.4, 0.5) is 0 Å². The van der Waals surface area contributed by atoms with Gasteiger partial charge in [0.2, 0.25) is 0 Å². The largest absolute Gasteiger partial charge is 0.462 e. The third-order valence-electron chi connectivity index (χ3n) is 2.09. The lowest BCUT2D eigenvalue weighted by Gasteiger charge is -1.97. The van der Waals surface area contributed by atoms with Crippen molar-refractivity contribution in [2.24, 2.45) is 5.92 Å². The number of thiophene rings is 1. The van der Waals surface area contributed by atoms with Crippen LogP contribution in [0.1, 0.15) is 17.7 Å². The van der Waals surface area contributed by atoms with Crippen molar-refractivity contribution < 1.29 is 9.53 Å². The number of carbonyl (C=O) groups is 1.